The maximum absolute atomic E-state index is 11.7. The van der Waals surface area contributed by atoms with E-state index in [4.69, 9.17) is 13.9 Å². The number of carbonyl (C=O) groups is 1. The molecule has 0 saturated carbocycles. The number of rotatable bonds is 11. The highest BCUT2D eigenvalue weighted by molar-refractivity contribution is 5.91. The van der Waals surface area contributed by atoms with E-state index in [-0.39, 0.29) is 5.91 Å². The minimum Gasteiger partial charge on any atom is -0.459 e. The van der Waals surface area contributed by atoms with Crippen molar-refractivity contribution in [1.29, 1.82) is 0 Å². The highest BCUT2D eigenvalue weighted by Gasteiger charge is 2.15. The third-order valence-electron chi connectivity index (χ3n) is 3.89. The molecule has 8 heteroatoms. The molecule has 8 nitrogen and oxygen atoms in total. The zero-order valence-electron chi connectivity index (χ0n) is 15.5. The molecule has 1 aromatic rings. The quantitative estimate of drug-likeness (QED) is 0.307. The number of nitrogens with zero attached hydrogens (tertiary/aromatic N) is 1. The largest absolute Gasteiger partial charge is 0.459 e. The minimum atomic E-state index is -0.219. The molecule has 3 N–H and O–H groups in total. The van der Waals surface area contributed by atoms with Gasteiger partial charge < -0.3 is 29.8 Å². The Bertz CT molecular complexity index is 527. The molecule has 0 bridgehead atoms. The van der Waals surface area contributed by atoms with Gasteiger partial charge in [-0.2, -0.15) is 0 Å². The van der Waals surface area contributed by atoms with Crippen LogP contribution in [-0.2, 0) is 9.47 Å². The number of carbonyl (C=O) groups excluding carboxylic acids is 1. The first-order valence-corrected chi connectivity index (χ1v) is 9.29. The number of ether oxygens (including phenoxy) is 2. The molecule has 146 valence electrons. The minimum absolute atomic E-state index is 0.219. The molecule has 0 aromatic carbocycles. The number of guanidine groups is 1. The summed E-state index contributed by atoms with van der Waals surface area (Å²) in [7, 11) is 0. The van der Waals surface area contributed by atoms with Crippen LogP contribution in [0.2, 0.25) is 0 Å². The first kappa shape index (κ1) is 20.3. The first-order chi connectivity index (χ1) is 12.8. The van der Waals surface area contributed by atoms with Gasteiger partial charge in [0, 0.05) is 45.3 Å². The van der Waals surface area contributed by atoms with E-state index in [1.54, 1.807) is 12.1 Å². The standard InChI is InChI=1S/C18H30N4O4/c1-2-19-18(21-7-4-10-24-13-15-6-12-25-14-15)22-9-8-20-17(23)16-5-3-11-26-16/h3,5,11,15H,2,4,6-10,12-14H2,1H3,(H,20,23)(H2,19,21,22). The van der Waals surface area contributed by atoms with Gasteiger partial charge in [0.25, 0.3) is 5.91 Å². The molecule has 1 saturated heterocycles. The maximum atomic E-state index is 11.7. The molecule has 26 heavy (non-hydrogen) atoms. The smallest absolute Gasteiger partial charge is 0.287 e. The molecule has 1 aromatic heterocycles. The van der Waals surface area contributed by atoms with Gasteiger partial charge in [-0.15, -0.1) is 0 Å². The van der Waals surface area contributed by atoms with Gasteiger partial charge in [-0.1, -0.05) is 0 Å². The molecule has 2 heterocycles. The second-order valence-electron chi connectivity index (χ2n) is 6.08. The number of hydrogen-bond donors (Lipinski definition) is 3. The van der Waals surface area contributed by atoms with Crippen LogP contribution >= 0.6 is 0 Å². The summed E-state index contributed by atoms with van der Waals surface area (Å²) in [5.41, 5.74) is 0. The molecule has 1 aliphatic heterocycles. The zero-order chi connectivity index (χ0) is 18.5. The molecule has 0 aliphatic carbocycles. The molecular weight excluding hydrogens is 336 g/mol. The summed E-state index contributed by atoms with van der Waals surface area (Å²) in [6.07, 6.45) is 3.46. The molecule has 1 atom stereocenters. The van der Waals surface area contributed by atoms with Crippen molar-refractivity contribution in [3.63, 3.8) is 0 Å². The number of amides is 1. The monoisotopic (exact) mass is 366 g/mol. The van der Waals surface area contributed by atoms with E-state index in [1.165, 1.54) is 6.26 Å². The van der Waals surface area contributed by atoms with E-state index < -0.39 is 0 Å². The van der Waals surface area contributed by atoms with Gasteiger partial charge in [0.15, 0.2) is 11.7 Å². The fourth-order valence-corrected chi connectivity index (χ4v) is 2.52. The SMILES string of the molecule is CCNC(=NCCCOCC1CCOC1)NCCNC(=O)c1ccco1. The molecule has 0 radical (unpaired) electrons. The molecule has 2 rings (SSSR count). The molecular formula is C18H30N4O4. The van der Waals surface area contributed by atoms with Crippen LogP contribution in [-0.4, -0.2) is 64.5 Å². The molecule has 1 unspecified atom stereocenters. The van der Waals surface area contributed by atoms with Crippen LogP contribution in [0.15, 0.2) is 27.8 Å². The summed E-state index contributed by atoms with van der Waals surface area (Å²) in [6, 6.07) is 3.32. The van der Waals surface area contributed by atoms with Crippen molar-refractivity contribution in [2.75, 3.05) is 52.6 Å². The topological polar surface area (TPSA) is 97.1 Å². The second kappa shape index (κ2) is 12.3. The van der Waals surface area contributed by atoms with Crippen molar-refractivity contribution in [3.05, 3.63) is 24.2 Å². The van der Waals surface area contributed by atoms with Gasteiger partial charge in [-0.25, -0.2) is 0 Å². The highest BCUT2D eigenvalue weighted by Crippen LogP contribution is 2.12. The van der Waals surface area contributed by atoms with E-state index in [0.29, 0.717) is 37.9 Å². The normalized spacial score (nSPS) is 17.3. The highest BCUT2D eigenvalue weighted by atomic mass is 16.5. The van der Waals surface area contributed by atoms with Gasteiger partial charge in [0.05, 0.1) is 19.5 Å². The Balaban J connectivity index is 1.54. The van der Waals surface area contributed by atoms with Crippen LogP contribution in [0.3, 0.4) is 0 Å². The van der Waals surface area contributed by atoms with Gasteiger partial charge in [0.1, 0.15) is 0 Å². The van der Waals surface area contributed by atoms with Gasteiger partial charge in [0.2, 0.25) is 0 Å². The van der Waals surface area contributed by atoms with E-state index in [9.17, 15) is 4.79 Å². The summed E-state index contributed by atoms with van der Waals surface area (Å²) in [4.78, 5) is 16.3. The van der Waals surface area contributed by atoms with E-state index in [1.807, 2.05) is 6.92 Å². The van der Waals surface area contributed by atoms with Crippen molar-refractivity contribution in [2.45, 2.75) is 19.8 Å². The van der Waals surface area contributed by atoms with Crippen LogP contribution < -0.4 is 16.0 Å². The third-order valence-corrected chi connectivity index (χ3v) is 3.89. The van der Waals surface area contributed by atoms with Crippen molar-refractivity contribution < 1.29 is 18.7 Å². The predicted octanol–water partition coefficient (Wildman–Crippen LogP) is 1.01. The van der Waals surface area contributed by atoms with Crippen LogP contribution in [0.1, 0.15) is 30.3 Å². The number of hydrogen-bond acceptors (Lipinski definition) is 5. The van der Waals surface area contributed by atoms with Crippen LogP contribution in [0.5, 0.6) is 0 Å². The lowest BCUT2D eigenvalue weighted by Crippen LogP contribution is -2.41. The van der Waals surface area contributed by atoms with E-state index in [2.05, 4.69) is 20.9 Å². The number of aliphatic imine (C=N–C) groups is 1. The molecule has 1 aliphatic rings. The summed E-state index contributed by atoms with van der Waals surface area (Å²) in [5, 5.41) is 9.16. The van der Waals surface area contributed by atoms with Gasteiger partial charge >= 0.3 is 0 Å². The Morgan fingerprint density at radius 2 is 2.23 bits per heavy atom. The number of nitrogens with one attached hydrogen (secondary N) is 3. The Morgan fingerprint density at radius 3 is 2.96 bits per heavy atom. The van der Waals surface area contributed by atoms with Crippen LogP contribution in [0.25, 0.3) is 0 Å². The Morgan fingerprint density at radius 1 is 1.35 bits per heavy atom. The second-order valence-corrected chi connectivity index (χ2v) is 6.08. The summed E-state index contributed by atoms with van der Waals surface area (Å²) in [6.45, 7) is 7.71. The van der Waals surface area contributed by atoms with Crippen molar-refractivity contribution >= 4 is 11.9 Å². The predicted molar refractivity (Wildman–Crippen MR) is 99.4 cm³/mol. The average Bonchev–Trinajstić information content (AvgIpc) is 3.35. The summed E-state index contributed by atoms with van der Waals surface area (Å²) >= 11 is 0. The van der Waals surface area contributed by atoms with Crippen molar-refractivity contribution in [1.82, 2.24) is 16.0 Å². The Hall–Kier alpha value is -2.06. The fourth-order valence-electron chi connectivity index (χ4n) is 2.52. The molecule has 1 amide bonds. The molecule has 1 fully saturated rings. The summed E-state index contributed by atoms with van der Waals surface area (Å²) < 4.78 is 16.0. The lowest BCUT2D eigenvalue weighted by molar-refractivity contribution is 0.0893. The van der Waals surface area contributed by atoms with Crippen molar-refractivity contribution in [3.8, 4) is 0 Å². The molecule has 0 spiro atoms. The van der Waals surface area contributed by atoms with Crippen molar-refractivity contribution in [2.24, 2.45) is 10.9 Å². The lowest BCUT2D eigenvalue weighted by Gasteiger charge is -2.12. The Kier molecular flexibility index (Phi) is 9.60. The Labute approximate surface area is 154 Å². The van der Waals surface area contributed by atoms with E-state index >= 15 is 0 Å². The number of furan rings is 1. The van der Waals surface area contributed by atoms with Crippen LogP contribution in [0.4, 0.5) is 0 Å². The first-order valence-electron chi connectivity index (χ1n) is 9.29. The average molecular weight is 366 g/mol. The third kappa shape index (κ3) is 7.88. The fraction of sp³-hybridized carbons (Fsp3) is 0.667. The summed E-state index contributed by atoms with van der Waals surface area (Å²) in [5.74, 6) is 1.39. The lowest BCUT2D eigenvalue weighted by atomic mass is 10.1. The van der Waals surface area contributed by atoms with Gasteiger partial charge in [-0.3, -0.25) is 9.79 Å². The maximum Gasteiger partial charge on any atom is 0.287 e. The van der Waals surface area contributed by atoms with E-state index in [0.717, 1.165) is 45.2 Å². The zero-order valence-corrected chi connectivity index (χ0v) is 15.5. The van der Waals surface area contributed by atoms with Gasteiger partial charge in [-0.05, 0) is 31.9 Å². The van der Waals surface area contributed by atoms with Crippen LogP contribution in [0, 0.1) is 5.92 Å².